The number of benzene rings is 2. The number of amides is 2. The molecule has 3 N–H and O–H groups in total. The number of fused-ring (bicyclic) bond motifs is 1. The van der Waals surface area contributed by atoms with Crippen LogP contribution in [0.4, 0.5) is 4.39 Å². The standard InChI is InChI=1S/C33H41FN6O5S/c1-46(44,45)39-14-9-29-28(22-39)30(24-7-8-25(18-34)26(17-24)19-36-31(42)23-5-3-2-4-6-23)37-40(29)21-27(41)20-38-15-11-33(12-16-38)10-13-35-32(33)43/h2-8,17,27,41H,9-16,18-22H2,1H3,(H,35,43)(H,36,42). The van der Waals surface area contributed by atoms with Gasteiger partial charge < -0.3 is 20.6 Å². The smallest absolute Gasteiger partial charge is 0.251 e. The number of alkyl halides is 1. The number of carbonyl (C=O) groups excluding carboxylic acids is 2. The van der Waals surface area contributed by atoms with Gasteiger partial charge in [0.2, 0.25) is 15.9 Å². The summed E-state index contributed by atoms with van der Waals surface area (Å²) in [6, 6.07) is 14.0. The molecular weight excluding hydrogens is 611 g/mol. The van der Waals surface area contributed by atoms with Crippen molar-refractivity contribution in [3.05, 3.63) is 76.5 Å². The van der Waals surface area contributed by atoms with Crippen LogP contribution in [0.15, 0.2) is 48.5 Å². The first kappa shape index (κ1) is 32.3. The number of aromatic nitrogens is 2. The van der Waals surface area contributed by atoms with Crippen LogP contribution in [-0.4, -0.2) is 89.4 Å². The van der Waals surface area contributed by atoms with Gasteiger partial charge in [0.25, 0.3) is 5.91 Å². The van der Waals surface area contributed by atoms with Gasteiger partial charge in [-0.15, -0.1) is 0 Å². The molecule has 2 fully saturated rings. The van der Waals surface area contributed by atoms with Crippen molar-refractivity contribution in [3.8, 4) is 11.3 Å². The number of carbonyl (C=O) groups is 2. The maximum Gasteiger partial charge on any atom is 0.251 e. The van der Waals surface area contributed by atoms with Crippen molar-refractivity contribution in [2.24, 2.45) is 5.41 Å². The Hall–Kier alpha value is -3.65. The van der Waals surface area contributed by atoms with Crippen LogP contribution in [0.25, 0.3) is 11.3 Å². The van der Waals surface area contributed by atoms with Crippen molar-refractivity contribution < 1.29 is 27.5 Å². The van der Waals surface area contributed by atoms with Crippen LogP contribution in [0.2, 0.25) is 0 Å². The Morgan fingerprint density at radius 2 is 1.85 bits per heavy atom. The number of sulfonamides is 1. The molecule has 1 aromatic heterocycles. The van der Waals surface area contributed by atoms with Gasteiger partial charge in [-0.1, -0.05) is 30.3 Å². The van der Waals surface area contributed by atoms with Gasteiger partial charge in [0.1, 0.15) is 6.67 Å². The third-order valence-electron chi connectivity index (χ3n) is 9.70. The van der Waals surface area contributed by atoms with Gasteiger partial charge in [0.05, 0.1) is 30.0 Å². The van der Waals surface area contributed by atoms with E-state index in [4.69, 9.17) is 5.10 Å². The molecule has 0 aliphatic carbocycles. The number of nitrogens with zero attached hydrogens (tertiary/aromatic N) is 4. The van der Waals surface area contributed by atoms with Gasteiger partial charge in [0, 0.05) is 61.5 Å². The number of aliphatic hydroxyl groups excluding tert-OH is 1. The monoisotopic (exact) mass is 652 g/mol. The number of hydrogen-bond acceptors (Lipinski definition) is 7. The lowest BCUT2D eigenvalue weighted by atomic mass is 9.77. The van der Waals surface area contributed by atoms with E-state index in [0.29, 0.717) is 47.5 Å². The molecule has 0 bridgehead atoms. The van der Waals surface area contributed by atoms with Crippen LogP contribution in [0.3, 0.4) is 0 Å². The summed E-state index contributed by atoms with van der Waals surface area (Å²) in [4.78, 5) is 27.3. The summed E-state index contributed by atoms with van der Waals surface area (Å²) in [6.07, 6.45) is 3.31. The lowest BCUT2D eigenvalue weighted by Gasteiger charge is -2.38. The van der Waals surface area contributed by atoms with Gasteiger partial charge in [-0.3, -0.25) is 14.3 Å². The van der Waals surface area contributed by atoms with Crippen LogP contribution in [-0.2, 0) is 47.5 Å². The third kappa shape index (κ3) is 6.73. The van der Waals surface area contributed by atoms with Gasteiger partial charge in [-0.25, -0.2) is 12.8 Å². The second-order valence-corrected chi connectivity index (χ2v) is 14.7. The predicted molar refractivity (Wildman–Crippen MR) is 171 cm³/mol. The van der Waals surface area contributed by atoms with E-state index >= 15 is 0 Å². The Kier molecular flexibility index (Phi) is 9.28. The lowest BCUT2D eigenvalue weighted by molar-refractivity contribution is -0.130. The summed E-state index contributed by atoms with van der Waals surface area (Å²) < 4.78 is 42.2. The van der Waals surface area contributed by atoms with Gasteiger partial charge in [-0.05, 0) is 61.7 Å². The second kappa shape index (κ2) is 13.2. The zero-order chi connectivity index (χ0) is 32.5. The van der Waals surface area contributed by atoms with E-state index in [1.54, 1.807) is 47.1 Å². The van der Waals surface area contributed by atoms with Crippen molar-refractivity contribution in [1.82, 2.24) is 29.6 Å². The maximum atomic E-state index is 14.0. The van der Waals surface area contributed by atoms with Crippen LogP contribution in [0, 0.1) is 5.41 Å². The normalized spacial score (nSPS) is 19.2. The van der Waals surface area contributed by atoms with E-state index < -0.39 is 22.8 Å². The highest BCUT2D eigenvalue weighted by molar-refractivity contribution is 7.88. The molecule has 3 aromatic rings. The molecule has 6 rings (SSSR count). The molecule has 2 saturated heterocycles. The number of aliphatic hydroxyl groups is 1. The van der Waals surface area contributed by atoms with E-state index in [9.17, 15) is 27.5 Å². The van der Waals surface area contributed by atoms with Crippen molar-refractivity contribution in [2.75, 3.05) is 39.0 Å². The minimum absolute atomic E-state index is 0.108. The average Bonchev–Trinajstić information content (AvgIpc) is 3.59. The molecule has 0 radical (unpaired) electrons. The molecule has 0 saturated carbocycles. The predicted octanol–water partition coefficient (Wildman–Crippen LogP) is 2.23. The highest BCUT2D eigenvalue weighted by Gasteiger charge is 2.44. The zero-order valence-electron chi connectivity index (χ0n) is 26.0. The van der Waals surface area contributed by atoms with Crippen molar-refractivity contribution in [3.63, 3.8) is 0 Å². The summed E-state index contributed by atoms with van der Waals surface area (Å²) in [7, 11) is -3.46. The Morgan fingerprint density at radius 3 is 2.52 bits per heavy atom. The fourth-order valence-corrected chi connectivity index (χ4v) is 7.77. The van der Waals surface area contributed by atoms with Crippen molar-refractivity contribution >= 4 is 21.8 Å². The van der Waals surface area contributed by atoms with E-state index in [-0.39, 0.29) is 36.9 Å². The zero-order valence-corrected chi connectivity index (χ0v) is 26.9. The molecule has 1 atom stereocenters. The molecule has 46 heavy (non-hydrogen) atoms. The third-order valence-corrected chi connectivity index (χ3v) is 11.0. The fourth-order valence-electron chi connectivity index (χ4n) is 6.98. The maximum absolute atomic E-state index is 14.0. The minimum Gasteiger partial charge on any atom is -0.390 e. The molecule has 1 spiro atoms. The first-order valence-electron chi connectivity index (χ1n) is 15.8. The summed E-state index contributed by atoms with van der Waals surface area (Å²) in [6.45, 7) is 2.71. The Morgan fingerprint density at radius 1 is 1.09 bits per heavy atom. The van der Waals surface area contributed by atoms with Crippen molar-refractivity contribution in [1.29, 1.82) is 0 Å². The Labute approximate surface area is 268 Å². The minimum atomic E-state index is -3.46. The van der Waals surface area contributed by atoms with Gasteiger partial charge in [0.15, 0.2) is 0 Å². The second-order valence-electron chi connectivity index (χ2n) is 12.7. The molecule has 11 nitrogen and oxygen atoms in total. The van der Waals surface area contributed by atoms with E-state index in [2.05, 4.69) is 15.5 Å². The van der Waals surface area contributed by atoms with Crippen molar-refractivity contribution in [2.45, 2.75) is 58.1 Å². The number of rotatable bonds is 10. The number of piperidine rings is 1. The van der Waals surface area contributed by atoms with Crippen LogP contribution in [0.5, 0.6) is 0 Å². The van der Waals surface area contributed by atoms with Gasteiger partial charge >= 0.3 is 0 Å². The fraction of sp³-hybridized carbons (Fsp3) is 0.485. The first-order chi connectivity index (χ1) is 22.1. The topological polar surface area (TPSA) is 137 Å². The highest BCUT2D eigenvalue weighted by atomic mass is 32.2. The molecule has 2 amide bonds. The summed E-state index contributed by atoms with van der Waals surface area (Å²) >= 11 is 0. The molecule has 246 valence electrons. The molecule has 3 aliphatic rings. The van der Waals surface area contributed by atoms with E-state index in [0.717, 1.165) is 50.2 Å². The number of halogens is 1. The number of nitrogens with one attached hydrogen (secondary N) is 2. The van der Waals surface area contributed by atoms with Crippen LogP contribution in [0.1, 0.15) is 52.0 Å². The quantitative estimate of drug-likeness (QED) is 0.306. The SMILES string of the molecule is CS(=O)(=O)N1CCc2c(c(-c3ccc(CF)c(CNC(=O)c4ccccc4)c3)nn2CC(O)CN2CCC3(CCNC3=O)CC2)C1. The molecular formula is C33H41FN6O5S. The van der Waals surface area contributed by atoms with Crippen LogP contribution >= 0.6 is 0 Å². The molecule has 4 heterocycles. The average molecular weight is 653 g/mol. The first-order valence-corrected chi connectivity index (χ1v) is 17.6. The number of likely N-dealkylation sites (tertiary alicyclic amines) is 1. The molecule has 3 aliphatic heterocycles. The molecule has 2 aromatic carbocycles. The largest absolute Gasteiger partial charge is 0.390 e. The molecule has 13 heteroatoms. The summed E-state index contributed by atoms with van der Waals surface area (Å²) in [5, 5.41) is 21.9. The summed E-state index contributed by atoms with van der Waals surface area (Å²) in [5.41, 5.74) is 4.14. The lowest BCUT2D eigenvalue weighted by Crippen LogP contribution is -2.46. The Bertz CT molecular complexity index is 1700. The van der Waals surface area contributed by atoms with Crippen LogP contribution < -0.4 is 10.6 Å². The number of hydrogen-bond donors (Lipinski definition) is 3. The molecule has 1 unspecified atom stereocenters. The van der Waals surface area contributed by atoms with Gasteiger partial charge in [-0.2, -0.15) is 9.40 Å². The van der Waals surface area contributed by atoms with E-state index in [1.165, 1.54) is 10.6 Å². The number of β-amino-alcohol motifs (C(OH)–C–C–N with tert-alkyl or cyclic N) is 1. The van der Waals surface area contributed by atoms with E-state index in [1.807, 2.05) is 6.07 Å². The Balaban J connectivity index is 1.23. The highest BCUT2D eigenvalue weighted by Crippen LogP contribution is 2.38. The summed E-state index contributed by atoms with van der Waals surface area (Å²) in [5.74, 6) is -0.126.